The predicted molar refractivity (Wildman–Crippen MR) is 59.1 cm³/mol. The minimum Gasteiger partial charge on any atom is -0.409 e. The molecule has 3 unspecified atom stereocenters. The van der Waals surface area contributed by atoms with E-state index in [1.165, 1.54) is 0 Å². The summed E-state index contributed by atoms with van der Waals surface area (Å²) in [5.74, 6) is 0.239. The smallest absolute Gasteiger partial charge is 0.156 e. The lowest BCUT2D eigenvalue weighted by atomic mass is 10.2. The maximum atomic E-state index is 8.56. The van der Waals surface area contributed by atoms with Crippen molar-refractivity contribution in [1.82, 2.24) is 4.90 Å². The van der Waals surface area contributed by atoms with E-state index >= 15 is 0 Å². The third-order valence-corrected chi connectivity index (χ3v) is 3.02. The average Bonchev–Trinajstić information content (AvgIpc) is 2.61. The van der Waals surface area contributed by atoms with Gasteiger partial charge in [-0.25, -0.2) is 0 Å². The molecule has 1 aliphatic rings. The molecule has 1 fully saturated rings. The lowest BCUT2D eigenvalue weighted by Crippen LogP contribution is -2.43. The Kier molecular flexibility index (Phi) is 4.35. The monoisotopic (exact) mass is 215 g/mol. The molecule has 5 heteroatoms. The fourth-order valence-corrected chi connectivity index (χ4v) is 1.81. The molecule has 88 valence electrons. The van der Waals surface area contributed by atoms with Crippen LogP contribution in [-0.2, 0) is 4.74 Å². The number of likely N-dealkylation sites (N-methyl/N-ethyl adjacent to an activating group) is 1. The summed E-state index contributed by atoms with van der Waals surface area (Å²) in [6.07, 6.45) is 2.85. The van der Waals surface area contributed by atoms with Crippen molar-refractivity contribution in [3.8, 4) is 0 Å². The van der Waals surface area contributed by atoms with Crippen molar-refractivity contribution in [3.63, 3.8) is 0 Å². The lowest BCUT2D eigenvalue weighted by molar-refractivity contribution is 0.0340. The zero-order valence-corrected chi connectivity index (χ0v) is 9.68. The van der Waals surface area contributed by atoms with Crippen LogP contribution in [0.15, 0.2) is 5.16 Å². The fourth-order valence-electron chi connectivity index (χ4n) is 1.81. The van der Waals surface area contributed by atoms with Crippen molar-refractivity contribution in [2.45, 2.75) is 44.9 Å². The van der Waals surface area contributed by atoms with Gasteiger partial charge in [-0.2, -0.15) is 0 Å². The minimum atomic E-state index is -0.0606. The molecular weight excluding hydrogens is 194 g/mol. The molecule has 0 aliphatic carbocycles. The van der Waals surface area contributed by atoms with Gasteiger partial charge in [0, 0.05) is 6.54 Å². The Morgan fingerprint density at radius 2 is 2.33 bits per heavy atom. The number of amidine groups is 1. The van der Waals surface area contributed by atoms with Crippen LogP contribution in [0, 0.1) is 0 Å². The maximum absolute atomic E-state index is 8.56. The topological polar surface area (TPSA) is 71.1 Å². The highest BCUT2D eigenvalue weighted by Gasteiger charge is 2.25. The third-order valence-electron chi connectivity index (χ3n) is 3.02. The molecule has 0 bridgehead atoms. The number of oxime groups is 1. The van der Waals surface area contributed by atoms with Gasteiger partial charge in [-0.15, -0.1) is 0 Å². The van der Waals surface area contributed by atoms with Crippen molar-refractivity contribution >= 4 is 5.84 Å². The molecule has 0 saturated carbocycles. The molecule has 1 aliphatic heterocycles. The van der Waals surface area contributed by atoms with Crippen molar-refractivity contribution in [3.05, 3.63) is 0 Å². The molecule has 3 atom stereocenters. The number of ether oxygens (including phenoxy) is 1. The van der Waals surface area contributed by atoms with Crippen molar-refractivity contribution < 1.29 is 9.94 Å². The van der Waals surface area contributed by atoms with E-state index in [1.807, 2.05) is 18.9 Å². The normalized spacial score (nSPS) is 29.7. The van der Waals surface area contributed by atoms with Crippen molar-refractivity contribution in [2.75, 3.05) is 13.6 Å². The first-order valence-electron chi connectivity index (χ1n) is 5.37. The van der Waals surface area contributed by atoms with Gasteiger partial charge in [0.1, 0.15) is 0 Å². The summed E-state index contributed by atoms with van der Waals surface area (Å²) in [6.45, 7) is 4.82. The van der Waals surface area contributed by atoms with E-state index in [9.17, 15) is 0 Å². The fraction of sp³-hybridized carbons (Fsp3) is 0.900. The highest BCUT2D eigenvalue weighted by Crippen LogP contribution is 2.19. The second-order valence-electron chi connectivity index (χ2n) is 4.29. The van der Waals surface area contributed by atoms with Gasteiger partial charge in [0.15, 0.2) is 5.84 Å². The average molecular weight is 215 g/mol. The Hall–Kier alpha value is -0.810. The summed E-state index contributed by atoms with van der Waals surface area (Å²) < 4.78 is 5.71. The molecule has 3 N–H and O–H groups in total. The van der Waals surface area contributed by atoms with Gasteiger partial charge in [0.05, 0.1) is 18.2 Å². The van der Waals surface area contributed by atoms with Gasteiger partial charge in [0.25, 0.3) is 0 Å². The van der Waals surface area contributed by atoms with Crippen LogP contribution in [0.1, 0.15) is 26.7 Å². The van der Waals surface area contributed by atoms with Gasteiger partial charge in [-0.05, 0) is 33.7 Å². The molecule has 5 nitrogen and oxygen atoms in total. The van der Waals surface area contributed by atoms with Crippen molar-refractivity contribution in [2.24, 2.45) is 10.9 Å². The Labute approximate surface area is 90.9 Å². The van der Waals surface area contributed by atoms with E-state index in [0.717, 1.165) is 19.4 Å². The number of hydrogen-bond acceptors (Lipinski definition) is 4. The molecule has 0 amide bonds. The highest BCUT2D eigenvalue weighted by molar-refractivity contribution is 5.84. The largest absolute Gasteiger partial charge is 0.409 e. The molecule has 15 heavy (non-hydrogen) atoms. The van der Waals surface area contributed by atoms with Crippen LogP contribution in [0.5, 0.6) is 0 Å². The van der Waals surface area contributed by atoms with Crippen LogP contribution in [-0.4, -0.2) is 47.8 Å². The zero-order valence-electron chi connectivity index (χ0n) is 9.68. The molecule has 0 aromatic heterocycles. The van der Waals surface area contributed by atoms with Gasteiger partial charge in [0.2, 0.25) is 0 Å². The van der Waals surface area contributed by atoms with Crippen LogP contribution in [0.25, 0.3) is 0 Å². The quantitative estimate of drug-likeness (QED) is 0.312. The van der Waals surface area contributed by atoms with E-state index in [0.29, 0.717) is 6.10 Å². The van der Waals surface area contributed by atoms with Crippen LogP contribution in [0.4, 0.5) is 0 Å². The minimum absolute atomic E-state index is 0.0606. The number of rotatable bonds is 4. The van der Waals surface area contributed by atoms with Crippen LogP contribution in [0.2, 0.25) is 0 Å². The van der Waals surface area contributed by atoms with Crippen LogP contribution in [0.3, 0.4) is 0 Å². The molecule has 0 radical (unpaired) electrons. The van der Waals surface area contributed by atoms with Crippen LogP contribution < -0.4 is 5.73 Å². The van der Waals surface area contributed by atoms with E-state index in [4.69, 9.17) is 15.7 Å². The van der Waals surface area contributed by atoms with Gasteiger partial charge < -0.3 is 15.7 Å². The predicted octanol–water partition coefficient (Wildman–Crippen LogP) is 0.621. The first kappa shape index (κ1) is 12.3. The third kappa shape index (κ3) is 3.35. The van der Waals surface area contributed by atoms with E-state index in [-0.39, 0.29) is 18.0 Å². The summed E-state index contributed by atoms with van der Waals surface area (Å²) in [6, 6.07) is -0.0606. The Balaban J connectivity index is 2.38. The molecule has 1 heterocycles. The summed E-state index contributed by atoms with van der Waals surface area (Å²) >= 11 is 0. The van der Waals surface area contributed by atoms with Gasteiger partial charge in [-0.3, -0.25) is 4.90 Å². The molecular formula is C10H21N3O2. The SMILES string of the molecule is CC1CCC(CN(C)C(C)C(N)=NO)O1. The second-order valence-corrected chi connectivity index (χ2v) is 4.29. The Morgan fingerprint density at radius 1 is 1.67 bits per heavy atom. The van der Waals surface area contributed by atoms with Crippen LogP contribution >= 0.6 is 0 Å². The lowest BCUT2D eigenvalue weighted by Gasteiger charge is -2.26. The summed E-state index contributed by atoms with van der Waals surface area (Å²) in [4.78, 5) is 2.04. The molecule has 0 aromatic rings. The van der Waals surface area contributed by atoms with Crippen molar-refractivity contribution in [1.29, 1.82) is 0 Å². The molecule has 0 spiro atoms. The second kappa shape index (κ2) is 5.32. The first-order valence-corrected chi connectivity index (χ1v) is 5.37. The van der Waals surface area contributed by atoms with E-state index < -0.39 is 0 Å². The van der Waals surface area contributed by atoms with Gasteiger partial charge in [-0.1, -0.05) is 5.16 Å². The highest BCUT2D eigenvalue weighted by atomic mass is 16.5. The maximum Gasteiger partial charge on any atom is 0.156 e. The molecule has 1 rings (SSSR count). The standard InChI is InChI=1S/C10H21N3O2/c1-7-4-5-9(15-7)6-13(3)8(2)10(11)12-14/h7-9,14H,4-6H2,1-3H3,(H2,11,12). The number of nitrogens with two attached hydrogens (primary N) is 1. The Morgan fingerprint density at radius 3 is 2.80 bits per heavy atom. The number of hydrogen-bond donors (Lipinski definition) is 2. The Bertz CT molecular complexity index is 233. The summed E-state index contributed by atoms with van der Waals surface area (Å²) in [5, 5.41) is 11.6. The summed E-state index contributed by atoms with van der Waals surface area (Å²) in [5.41, 5.74) is 5.54. The first-order chi connectivity index (χ1) is 7.04. The van der Waals surface area contributed by atoms with E-state index in [2.05, 4.69) is 12.1 Å². The van der Waals surface area contributed by atoms with E-state index in [1.54, 1.807) is 0 Å². The summed E-state index contributed by atoms with van der Waals surface area (Å²) in [7, 11) is 1.95. The van der Waals surface area contributed by atoms with Gasteiger partial charge >= 0.3 is 0 Å². The number of nitrogens with zero attached hydrogens (tertiary/aromatic N) is 2. The molecule has 0 aromatic carbocycles. The zero-order chi connectivity index (χ0) is 11.4. The molecule has 1 saturated heterocycles.